The van der Waals surface area contributed by atoms with Gasteiger partial charge in [-0.1, -0.05) is 47.5 Å². The molecule has 3 aromatic carbocycles. The minimum Gasteiger partial charge on any atom is -0.336 e. The van der Waals surface area contributed by atoms with Crippen LogP contribution in [0.3, 0.4) is 0 Å². The molecule has 0 aliphatic carbocycles. The Morgan fingerprint density at radius 2 is 1.53 bits per heavy atom. The molecule has 200 valence electrons. The SMILES string of the molecule is Cc1ccc(S(=O)(=O)N=C(CCl)N2CCN(S(=O)(=O)c3ccc(C)cc3)[C@H]2c2cccc([N+](=O)[O-])c2)cc1. The van der Waals surface area contributed by atoms with Gasteiger partial charge in [0.1, 0.15) is 12.0 Å². The molecule has 1 fully saturated rings. The van der Waals surface area contributed by atoms with E-state index < -0.39 is 31.1 Å². The molecule has 1 aliphatic rings. The summed E-state index contributed by atoms with van der Waals surface area (Å²) in [6, 6.07) is 18.0. The van der Waals surface area contributed by atoms with Gasteiger partial charge in [-0.3, -0.25) is 10.1 Å². The van der Waals surface area contributed by atoms with E-state index in [0.29, 0.717) is 0 Å². The number of sulfonamides is 2. The molecule has 0 spiro atoms. The minimum atomic E-state index is -4.18. The number of benzene rings is 3. The number of rotatable bonds is 7. The Bertz CT molecular complexity index is 1590. The number of halogens is 1. The second kappa shape index (κ2) is 10.8. The van der Waals surface area contributed by atoms with E-state index in [4.69, 9.17) is 11.6 Å². The van der Waals surface area contributed by atoms with Gasteiger partial charge in [-0.2, -0.15) is 12.7 Å². The molecule has 0 unspecified atom stereocenters. The monoisotopic (exact) mass is 576 g/mol. The first-order valence-corrected chi connectivity index (χ1v) is 14.9. The highest BCUT2D eigenvalue weighted by Gasteiger charge is 2.43. The van der Waals surface area contributed by atoms with Gasteiger partial charge >= 0.3 is 0 Å². The van der Waals surface area contributed by atoms with Crippen LogP contribution < -0.4 is 0 Å². The molecule has 0 amide bonds. The molecule has 38 heavy (non-hydrogen) atoms. The first kappa shape index (κ1) is 27.7. The Hall–Kier alpha value is -3.32. The van der Waals surface area contributed by atoms with E-state index in [-0.39, 0.29) is 45.8 Å². The number of amidine groups is 1. The summed E-state index contributed by atoms with van der Waals surface area (Å²) >= 11 is 6.18. The van der Waals surface area contributed by atoms with E-state index in [1.807, 2.05) is 13.8 Å². The molecule has 0 N–H and O–H groups in total. The van der Waals surface area contributed by atoms with Gasteiger partial charge in [-0.15, -0.1) is 16.0 Å². The first-order chi connectivity index (χ1) is 17.9. The molecule has 0 aromatic heterocycles. The number of hydrogen-bond acceptors (Lipinski definition) is 6. The van der Waals surface area contributed by atoms with E-state index in [9.17, 15) is 26.9 Å². The molecular formula is C25H25ClN4O6S2. The van der Waals surface area contributed by atoms with Crippen molar-refractivity contribution in [3.63, 3.8) is 0 Å². The highest BCUT2D eigenvalue weighted by molar-refractivity contribution is 7.90. The Morgan fingerprint density at radius 1 is 0.947 bits per heavy atom. The van der Waals surface area contributed by atoms with Gasteiger partial charge in [0.25, 0.3) is 15.7 Å². The van der Waals surface area contributed by atoms with Crippen LogP contribution in [-0.4, -0.2) is 55.8 Å². The summed E-state index contributed by atoms with van der Waals surface area (Å²) in [4.78, 5) is 12.4. The topological polar surface area (TPSA) is 130 Å². The Labute approximate surface area is 226 Å². The maximum Gasteiger partial charge on any atom is 0.283 e. The molecule has 13 heteroatoms. The van der Waals surface area contributed by atoms with Crippen molar-refractivity contribution in [1.29, 1.82) is 0 Å². The maximum absolute atomic E-state index is 13.7. The van der Waals surface area contributed by atoms with Crippen LogP contribution in [0.15, 0.2) is 87.0 Å². The summed E-state index contributed by atoms with van der Waals surface area (Å²) < 4.78 is 58.8. The molecule has 3 aromatic rings. The van der Waals surface area contributed by atoms with Gasteiger partial charge in [0.05, 0.1) is 20.6 Å². The highest BCUT2D eigenvalue weighted by atomic mass is 35.5. The van der Waals surface area contributed by atoms with Crippen LogP contribution in [0.5, 0.6) is 0 Å². The van der Waals surface area contributed by atoms with Gasteiger partial charge in [0.15, 0.2) is 0 Å². The van der Waals surface area contributed by atoms with Gasteiger partial charge in [0, 0.05) is 25.2 Å². The van der Waals surface area contributed by atoms with E-state index >= 15 is 0 Å². The molecule has 4 rings (SSSR count). The zero-order chi connectivity index (χ0) is 27.7. The molecule has 1 aliphatic heterocycles. The van der Waals surface area contributed by atoms with Gasteiger partial charge in [-0.25, -0.2) is 8.42 Å². The third kappa shape index (κ3) is 5.58. The van der Waals surface area contributed by atoms with Crippen LogP contribution in [0.4, 0.5) is 5.69 Å². The van der Waals surface area contributed by atoms with Gasteiger partial charge in [-0.05, 0) is 43.7 Å². The maximum atomic E-state index is 13.7. The number of nitrogens with zero attached hydrogens (tertiary/aromatic N) is 4. The normalized spacial score (nSPS) is 17.1. The molecule has 0 radical (unpaired) electrons. The second-order valence-electron chi connectivity index (χ2n) is 8.78. The van der Waals surface area contributed by atoms with E-state index in [0.717, 1.165) is 11.1 Å². The predicted molar refractivity (Wildman–Crippen MR) is 144 cm³/mol. The van der Waals surface area contributed by atoms with Crippen LogP contribution in [0.25, 0.3) is 0 Å². The van der Waals surface area contributed by atoms with E-state index in [1.165, 1.54) is 51.7 Å². The Morgan fingerprint density at radius 3 is 2.08 bits per heavy atom. The molecular weight excluding hydrogens is 552 g/mol. The number of alkyl halides is 1. The minimum absolute atomic E-state index is 0.0238. The van der Waals surface area contributed by atoms with E-state index in [2.05, 4.69) is 4.40 Å². The van der Waals surface area contributed by atoms with Crippen LogP contribution in [-0.2, 0) is 20.0 Å². The zero-order valence-corrected chi connectivity index (χ0v) is 22.9. The third-order valence-electron chi connectivity index (χ3n) is 6.13. The summed E-state index contributed by atoms with van der Waals surface area (Å²) in [5.74, 6) is -0.417. The summed E-state index contributed by atoms with van der Waals surface area (Å²) in [7, 11) is -8.26. The standard InChI is InChI=1S/C25H25ClN4O6S2/c1-18-6-10-22(11-7-18)37(33,34)27-24(17-26)28-14-15-29(38(35,36)23-12-8-19(2)9-13-23)25(28)20-4-3-5-21(16-20)30(31)32/h3-13,16,25H,14-15,17H2,1-2H3/t25-/m0/s1. The summed E-state index contributed by atoms with van der Waals surface area (Å²) in [5.41, 5.74) is 1.78. The lowest BCUT2D eigenvalue weighted by molar-refractivity contribution is -0.385. The van der Waals surface area contributed by atoms with Crippen molar-refractivity contribution >= 4 is 43.2 Å². The number of non-ortho nitro benzene ring substituents is 1. The van der Waals surface area contributed by atoms with Crippen molar-refractivity contribution in [3.05, 3.63) is 99.6 Å². The van der Waals surface area contributed by atoms with Crippen molar-refractivity contribution in [2.45, 2.75) is 29.8 Å². The van der Waals surface area contributed by atoms with Crippen molar-refractivity contribution in [3.8, 4) is 0 Å². The number of aryl methyl sites for hydroxylation is 2. The first-order valence-electron chi connectivity index (χ1n) is 11.5. The van der Waals surface area contributed by atoms with Gasteiger partial charge in [0.2, 0.25) is 10.0 Å². The fourth-order valence-electron chi connectivity index (χ4n) is 4.17. The highest BCUT2D eigenvalue weighted by Crippen LogP contribution is 2.37. The van der Waals surface area contributed by atoms with Crippen LogP contribution in [0.2, 0.25) is 0 Å². The van der Waals surface area contributed by atoms with Crippen molar-refractivity contribution in [1.82, 2.24) is 9.21 Å². The molecule has 0 bridgehead atoms. The van der Waals surface area contributed by atoms with Crippen LogP contribution >= 0.6 is 11.6 Å². The summed E-state index contributed by atoms with van der Waals surface area (Å²) in [6.07, 6.45) is -1.12. The third-order valence-corrected chi connectivity index (χ3v) is 9.56. The number of nitro benzene ring substituents is 1. The second-order valence-corrected chi connectivity index (χ2v) is 12.5. The fourth-order valence-corrected chi connectivity index (χ4v) is 7.06. The Kier molecular flexibility index (Phi) is 7.88. The average molecular weight is 577 g/mol. The lowest BCUT2D eigenvalue weighted by Gasteiger charge is -2.31. The lowest BCUT2D eigenvalue weighted by atomic mass is 10.1. The van der Waals surface area contributed by atoms with Crippen molar-refractivity contribution in [2.75, 3.05) is 19.0 Å². The zero-order valence-electron chi connectivity index (χ0n) is 20.6. The van der Waals surface area contributed by atoms with E-state index in [1.54, 1.807) is 30.3 Å². The van der Waals surface area contributed by atoms with Gasteiger partial charge < -0.3 is 4.90 Å². The summed E-state index contributed by atoms with van der Waals surface area (Å²) in [6.45, 7) is 3.69. The Balaban J connectivity index is 1.84. The number of nitro groups is 1. The van der Waals surface area contributed by atoms with Crippen LogP contribution in [0, 0.1) is 24.0 Å². The van der Waals surface area contributed by atoms with Crippen LogP contribution in [0.1, 0.15) is 22.9 Å². The molecule has 1 heterocycles. The average Bonchev–Trinajstić information content (AvgIpc) is 3.34. The fraction of sp³-hybridized carbons (Fsp3) is 0.240. The quantitative estimate of drug-likeness (QED) is 0.135. The van der Waals surface area contributed by atoms with Crippen molar-refractivity contribution in [2.24, 2.45) is 4.40 Å². The molecule has 1 atom stereocenters. The number of hydrogen-bond donors (Lipinski definition) is 0. The largest absolute Gasteiger partial charge is 0.336 e. The summed E-state index contributed by atoms with van der Waals surface area (Å²) in [5, 5.41) is 11.5. The molecule has 1 saturated heterocycles. The molecule has 10 nitrogen and oxygen atoms in total. The molecule has 0 saturated carbocycles. The predicted octanol–water partition coefficient (Wildman–Crippen LogP) is 4.24. The smallest absolute Gasteiger partial charge is 0.283 e. The lowest BCUT2D eigenvalue weighted by Crippen LogP contribution is -2.39. The van der Waals surface area contributed by atoms with Crippen molar-refractivity contribution < 1.29 is 21.8 Å².